The molecule has 17 heteroatoms. The Kier molecular flexibility index (Phi) is 8.06. The van der Waals surface area contributed by atoms with Crippen LogP contribution in [-0.2, 0) is 0 Å². The Morgan fingerprint density at radius 2 is 0.889 bits per heavy atom. The number of benzene rings is 5. The molecule has 0 aliphatic carbocycles. The van der Waals surface area contributed by atoms with Crippen LogP contribution in [0.3, 0.4) is 0 Å². The van der Waals surface area contributed by atoms with Gasteiger partial charge in [0, 0.05) is 0 Å². The Morgan fingerprint density at radius 1 is 0.400 bits per heavy atom. The van der Waals surface area contributed by atoms with E-state index in [2.05, 4.69) is 0 Å². The molecule has 0 radical (unpaired) electrons. The molecule has 0 saturated heterocycles. The summed E-state index contributed by atoms with van der Waals surface area (Å²) in [6.07, 6.45) is 0. The summed E-state index contributed by atoms with van der Waals surface area (Å²) in [5.41, 5.74) is -6.20. The van der Waals surface area contributed by atoms with Gasteiger partial charge in [-0.05, 0) is 23.6 Å². The van der Waals surface area contributed by atoms with Crippen molar-refractivity contribution in [2.75, 3.05) is 0 Å². The van der Waals surface area contributed by atoms with E-state index in [-0.39, 0.29) is 6.07 Å². The Bertz CT molecular complexity index is 1990. The molecule has 2 nitrogen and oxygen atoms in total. The minimum absolute atomic E-state index is 0.273. The van der Waals surface area contributed by atoms with Gasteiger partial charge in [-0.1, -0.05) is 24.3 Å². The van der Waals surface area contributed by atoms with E-state index >= 15 is 13.2 Å². The summed E-state index contributed by atoms with van der Waals surface area (Å²) >= 11 is 0. The van der Waals surface area contributed by atoms with Crippen LogP contribution in [-0.4, -0.2) is 7.12 Å². The molecule has 0 aliphatic rings. The Hall–Kier alpha value is -4.96. The molecule has 0 fully saturated rings. The zero-order valence-electron chi connectivity index (χ0n) is 21.2. The maximum absolute atomic E-state index is 15.4. The van der Waals surface area contributed by atoms with E-state index in [9.17, 15) is 48.3 Å². The van der Waals surface area contributed by atoms with Crippen LogP contribution in [0.4, 0.5) is 61.5 Å². The highest BCUT2D eigenvalue weighted by molar-refractivity contribution is 6.66. The third-order valence-corrected chi connectivity index (χ3v) is 6.36. The summed E-state index contributed by atoms with van der Waals surface area (Å²) < 4.78 is 214. The van der Waals surface area contributed by atoms with Gasteiger partial charge in [0.1, 0.15) is 5.75 Å². The fourth-order valence-corrected chi connectivity index (χ4v) is 4.30. The topological polar surface area (TPSA) is 18.5 Å². The third-order valence-electron chi connectivity index (χ3n) is 6.36. The van der Waals surface area contributed by atoms with E-state index in [0.29, 0.717) is 6.07 Å². The number of hydrogen-bond acceptors (Lipinski definition) is 2. The molecule has 0 saturated carbocycles. The lowest BCUT2D eigenvalue weighted by molar-refractivity contribution is 0.366. The van der Waals surface area contributed by atoms with Gasteiger partial charge >= 0.3 is 7.12 Å². The van der Waals surface area contributed by atoms with E-state index in [0.717, 1.165) is 12.1 Å². The van der Waals surface area contributed by atoms with E-state index < -0.39 is 127 Å². The summed E-state index contributed by atoms with van der Waals surface area (Å²) in [5.74, 6) is -39.0. The van der Waals surface area contributed by atoms with Gasteiger partial charge in [0.2, 0.25) is 17.5 Å². The normalized spacial score (nSPS) is 11.3. The van der Waals surface area contributed by atoms with Crippen molar-refractivity contribution in [3.8, 4) is 22.6 Å². The highest BCUT2D eigenvalue weighted by Crippen LogP contribution is 2.43. The predicted octanol–water partition coefficient (Wildman–Crippen LogP) is 8.31. The highest BCUT2D eigenvalue weighted by atomic mass is 19.2. The molecule has 5 rings (SSSR count). The molecular formula is C28H7BF14O2. The molecule has 0 aromatic heterocycles. The average molecular weight is 652 g/mol. The Morgan fingerprint density at radius 3 is 1.47 bits per heavy atom. The number of fused-ring (bicyclic) bond motifs is 1. The lowest BCUT2D eigenvalue weighted by Crippen LogP contribution is -2.46. The molecule has 0 atom stereocenters. The summed E-state index contributed by atoms with van der Waals surface area (Å²) in [6, 6.07) is 6.58. The average Bonchev–Trinajstić information content (AvgIpc) is 3.02. The third kappa shape index (κ3) is 4.95. The molecule has 0 aliphatic heterocycles. The summed E-state index contributed by atoms with van der Waals surface area (Å²) in [6.45, 7) is 0. The van der Waals surface area contributed by atoms with Crippen molar-refractivity contribution < 1.29 is 70.8 Å². The van der Waals surface area contributed by atoms with Gasteiger partial charge in [-0.2, -0.15) is 4.39 Å². The minimum Gasteiger partial charge on any atom is -0.522 e. The number of para-hydroxylation sites is 1. The molecule has 0 spiro atoms. The molecular weight excluding hydrogens is 645 g/mol. The first-order valence-electron chi connectivity index (χ1n) is 11.9. The first-order valence-corrected chi connectivity index (χ1v) is 11.9. The Balaban J connectivity index is 1.88. The number of rotatable bonds is 6. The first kappa shape index (κ1) is 31.5. The van der Waals surface area contributed by atoms with Crippen LogP contribution in [0.2, 0.25) is 0 Å². The van der Waals surface area contributed by atoms with Crippen molar-refractivity contribution in [2.45, 2.75) is 0 Å². The van der Waals surface area contributed by atoms with Crippen LogP contribution in [0, 0.1) is 81.4 Å². The quantitative estimate of drug-likeness (QED) is 0.0796. The van der Waals surface area contributed by atoms with Crippen molar-refractivity contribution >= 4 is 23.4 Å². The van der Waals surface area contributed by atoms with Gasteiger partial charge in [-0.15, -0.1) is 0 Å². The Labute approximate surface area is 241 Å². The van der Waals surface area contributed by atoms with Gasteiger partial charge in [0.25, 0.3) is 0 Å². The molecule has 5 aromatic rings. The second-order valence-electron chi connectivity index (χ2n) is 8.93. The van der Waals surface area contributed by atoms with Crippen LogP contribution in [0.1, 0.15) is 0 Å². The van der Waals surface area contributed by atoms with Crippen molar-refractivity contribution in [1.82, 2.24) is 0 Å². The number of hydrogen-bond donors (Lipinski definition) is 0. The second kappa shape index (κ2) is 11.5. The van der Waals surface area contributed by atoms with Crippen molar-refractivity contribution in [1.29, 1.82) is 0 Å². The van der Waals surface area contributed by atoms with Gasteiger partial charge in [-0.3, -0.25) is 0 Å². The molecule has 0 unspecified atom stereocenters. The SMILES string of the molecule is Fc1ccc2c(B(Oc3ccccc3)Oc3c(F)c(F)c(F)c(F)c3-c3c(F)c(F)c(F)c(F)c3F)c(F)c(F)c(F)c2c1F. The smallest absolute Gasteiger partial charge is 0.522 e. The van der Waals surface area contributed by atoms with Crippen LogP contribution in [0.5, 0.6) is 11.5 Å². The van der Waals surface area contributed by atoms with Crippen LogP contribution in [0.25, 0.3) is 21.9 Å². The van der Waals surface area contributed by atoms with Gasteiger partial charge in [0.15, 0.2) is 69.7 Å². The van der Waals surface area contributed by atoms with Crippen molar-refractivity contribution in [3.05, 3.63) is 124 Å². The van der Waals surface area contributed by atoms with E-state index in [1.807, 2.05) is 0 Å². The zero-order valence-corrected chi connectivity index (χ0v) is 21.2. The van der Waals surface area contributed by atoms with Gasteiger partial charge in [0.05, 0.1) is 22.0 Å². The number of halogens is 14. The van der Waals surface area contributed by atoms with Crippen molar-refractivity contribution in [2.24, 2.45) is 0 Å². The van der Waals surface area contributed by atoms with Gasteiger partial charge < -0.3 is 9.31 Å². The van der Waals surface area contributed by atoms with E-state index in [1.165, 1.54) is 18.2 Å². The molecule has 45 heavy (non-hydrogen) atoms. The summed E-state index contributed by atoms with van der Waals surface area (Å²) in [5, 5.41) is -2.71. The van der Waals surface area contributed by atoms with Crippen LogP contribution < -0.4 is 14.8 Å². The van der Waals surface area contributed by atoms with E-state index in [1.54, 1.807) is 0 Å². The lowest BCUT2D eigenvalue weighted by Gasteiger charge is -2.22. The fourth-order valence-electron chi connectivity index (χ4n) is 4.30. The van der Waals surface area contributed by atoms with Gasteiger partial charge in [-0.25, -0.2) is 57.1 Å². The van der Waals surface area contributed by atoms with Crippen molar-refractivity contribution in [3.63, 3.8) is 0 Å². The maximum Gasteiger partial charge on any atom is 0.636 e. The molecule has 0 N–H and O–H groups in total. The maximum atomic E-state index is 15.4. The molecule has 232 valence electrons. The van der Waals surface area contributed by atoms with E-state index in [4.69, 9.17) is 9.31 Å². The first-order chi connectivity index (χ1) is 21.2. The lowest BCUT2D eigenvalue weighted by atomic mass is 9.74. The monoisotopic (exact) mass is 652 g/mol. The van der Waals surface area contributed by atoms with Crippen LogP contribution >= 0.6 is 0 Å². The molecule has 0 bridgehead atoms. The minimum atomic E-state index is -2.94. The predicted molar refractivity (Wildman–Crippen MR) is 128 cm³/mol. The molecule has 0 amide bonds. The summed E-state index contributed by atoms with van der Waals surface area (Å²) in [7, 11) is -2.94. The fraction of sp³-hybridized carbons (Fsp3) is 0. The van der Waals surface area contributed by atoms with Crippen LogP contribution in [0.15, 0.2) is 42.5 Å². The molecule has 0 heterocycles. The standard InChI is InChI=1S/C28H7BF14O2/c30-10-7-6-9-11(15(10)31)16(32)21(37)20(36)14(9)29(44-8-4-2-1-3-5-8)45-28-13(19(35)24(40)26(42)27(28)43)12-17(33)22(38)25(41)23(39)18(12)34/h1-7H. The largest absolute Gasteiger partial charge is 0.636 e. The summed E-state index contributed by atoms with van der Waals surface area (Å²) in [4.78, 5) is 0. The second-order valence-corrected chi connectivity index (χ2v) is 8.93. The molecule has 5 aromatic carbocycles. The zero-order chi connectivity index (χ0) is 33.1. The highest BCUT2D eigenvalue weighted by Gasteiger charge is 2.41.